The Balaban J connectivity index is 1.30. The van der Waals surface area contributed by atoms with Crippen LogP contribution in [-0.4, -0.2) is 42.1 Å². The maximum absolute atomic E-state index is 13.9. The Morgan fingerprint density at radius 1 is 1.20 bits per heavy atom. The lowest BCUT2D eigenvalue weighted by Crippen LogP contribution is -2.32. The zero-order chi connectivity index (χ0) is 24.8. The number of hydrogen-bond donors (Lipinski definition) is 2. The van der Waals surface area contributed by atoms with E-state index in [1.54, 1.807) is 13.0 Å². The van der Waals surface area contributed by atoms with E-state index in [0.717, 1.165) is 36.3 Å². The Labute approximate surface area is 218 Å². The molecule has 1 aliphatic heterocycles. The lowest BCUT2D eigenvalue weighted by atomic mass is 10.1. The van der Waals surface area contributed by atoms with Crippen LogP contribution in [0.3, 0.4) is 0 Å². The Morgan fingerprint density at radius 3 is 2.74 bits per heavy atom. The van der Waals surface area contributed by atoms with Crippen molar-refractivity contribution in [2.45, 2.75) is 45.1 Å². The number of urea groups is 1. The van der Waals surface area contributed by atoms with Gasteiger partial charge in [-0.05, 0) is 76.2 Å². The summed E-state index contributed by atoms with van der Waals surface area (Å²) in [6.45, 7) is 5.70. The number of ether oxygens (including phenoxy) is 1. The third-order valence-corrected chi connectivity index (χ3v) is 7.66. The van der Waals surface area contributed by atoms with Gasteiger partial charge in [0.15, 0.2) is 5.13 Å². The molecule has 4 rings (SSSR count). The number of thiazole rings is 1. The number of aromatic nitrogens is 1. The monoisotopic (exact) mass is 538 g/mol. The molecule has 2 amide bonds. The summed E-state index contributed by atoms with van der Waals surface area (Å²) in [7, 11) is 0. The van der Waals surface area contributed by atoms with E-state index in [9.17, 15) is 9.18 Å². The van der Waals surface area contributed by atoms with E-state index < -0.39 is 11.9 Å². The smallest absolute Gasteiger partial charge is 0.321 e. The quantitative estimate of drug-likeness (QED) is 0.233. The fourth-order valence-corrected chi connectivity index (χ4v) is 5.78. The predicted molar refractivity (Wildman–Crippen MR) is 142 cm³/mol. The zero-order valence-electron chi connectivity index (χ0n) is 19.6. The van der Waals surface area contributed by atoms with Crippen molar-refractivity contribution >= 4 is 55.9 Å². The third-order valence-electron chi connectivity index (χ3n) is 6.01. The molecule has 1 unspecified atom stereocenters. The summed E-state index contributed by atoms with van der Waals surface area (Å²) >= 11 is 13.7. The Morgan fingerprint density at radius 2 is 1.97 bits per heavy atom. The van der Waals surface area contributed by atoms with Crippen molar-refractivity contribution in [1.29, 1.82) is 0 Å². The summed E-state index contributed by atoms with van der Waals surface area (Å²) in [4.78, 5) is 19.3. The maximum atomic E-state index is 13.9. The number of carbonyl (C=O) groups is 1. The molecule has 6 nitrogen and oxygen atoms in total. The number of fused-ring (bicyclic) bond motifs is 1. The molecular weight excluding hydrogens is 510 g/mol. The van der Waals surface area contributed by atoms with Crippen molar-refractivity contribution in [1.82, 2.24) is 15.2 Å². The van der Waals surface area contributed by atoms with E-state index in [1.165, 1.54) is 49.2 Å². The second-order valence-corrected chi connectivity index (χ2v) is 10.5. The minimum atomic E-state index is -0.561. The largest absolute Gasteiger partial charge is 0.486 e. The molecule has 1 saturated heterocycles. The number of hydrogen-bond acceptors (Lipinski definition) is 5. The highest BCUT2D eigenvalue weighted by Crippen LogP contribution is 2.36. The first-order valence-electron chi connectivity index (χ1n) is 11.9. The van der Waals surface area contributed by atoms with Crippen LogP contribution in [0.5, 0.6) is 5.75 Å². The molecule has 0 bridgehead atoms. The van der Waals surface area contributed by atoms with E-state index in [4.69, 9.17) is 27.9 Å². The first-order valence-corrected chi connectivity index (χ1v) is 13.5. The van der Waals surface area contributed by atoms with Gasteiger partial charge in [0.1, 0.15) is 17.7 Å². The SMILES string of the molecule is CC(Oc1ccc2nc(NC(=O)NCCCN3CCCCCC3)sc2c1)c1c(Cl)ccc(F)c1Cl. The molecule has 2 aromatic carbocycles. The standard InChI is InChI=1S/C25H29Cl2FN4O2S/c1-16(22-18(26)8-9-19(28)23(22)27)34-17-7-10-20-21(15-17)35-25(30-20)31-24(33)29-11-6-14-32-12-4-2-3-5-13-32/h7-10,15-16H,2-6,11-14H2,1H3,(H2,29,30,31,33). The average Bonchev–Trinajstić information content (AvgIpc) is 3.03. The highest BCUT2D eigenvalue weighted by molar-refractivity contribution is 7.22. The van der Waals surface area contributed by atoms with Crippen LogP contribution in [0.2, 0.25) is 10.0 Å². The van der Waals surface area contributed by atoms with Crippen molar-refractivity contribution in [2.75, 3.05) is 31.5 Å². The highest BCUT2D eigenvalue weighted by atomic mass is 35.5. The van der Waals surface area contributed by atoms with Crippen LogP contribution in [0, 0.1) is 5.82 Å². The topological polar surface area (TPSA) is 66.5 Å². The van der Waals surface area contributed by atoms with Crippen molar-refractivity contribution in [3.8, 4) is 5.75 Å². The highest BCUT2D eigenvalue weighted by Gasteiger charge is 2.19. The van der Waals surface area contributed by atoms with Gasteiger partial charge in [0, 0.05) is 17.1 Å². The van der Waals surface area contributed by atoms with E-state index in [0.29, 0.717) is 28.0 Å². The fraction of sp³-hybridized carbons (Fsp3) is 0.440. The number of benzene rings is 2. The Kier molecular flexibility index (Phi) is 9.05. The zero-order valence-corrected chi connectivity index (χ0v) is 21.9. The number of halogens is 3. The molecule has 2 N–H and O–H groups in total. The minimum absolute atomic E-state index is 0.0483. The molecule has 0 spiro atoms. The Hall–Kier alpha value is -2.13. The Bertz CT molecular complexity index is 1170. The molecule has 3 aromatic rings. The number of likely N-dealkylation sites (tertiary alicyclic amines) is 1. The summed E-state index contributed by atoms with van der Waals surface area (Å²) in [5.74, 6) is 0.0184. The lowest BCUT2D eigenvalue weighted by Gasteiger charge is -2.19. The molecule has 1 fully saturated rings. The molecule has 35 heavy (non-hydrogen) atoms. The summed E-state index contributed by atoms with van der Waals surface area (Å²) in [5.41, 5.74) is 1.14. The normalized spacial score (nSPS) is 15.5. The molecular formula is C25H29Cl2FN4O2S. The lowest BCUT2D eigenvalue weighted by molar-refractivity contribution is 0.227. The number of nitrogens with zero attached hydrogens (tertiary/aromatic N) is 2. The molecule has 188 valence electrons. The number of carbonyl (C=O) groups excluding carboxylic acids is 1. The van der Waals surface area contributed by atoms with Crippen LogP contribution >= 0.6 is 34.5 Å². The van der Waals surface area contributed by atoms with Gasteiger partial charge >= 0.3 is 6.03 Å². The van der Waals surface area contributed by atoms with Gasteiger partial charge in [-0.3, -0.25) is 5.32 Å². The van der Waals surface area contributed by atoms with Crippen LogP contribution in [0.15, 0.2) is 30.3 Å². The van der Waals surface area contributed by atoms with E-state index >= 15 is 0 Å². The van der Waals surface area contributed by atoms with Crippen LogP contribution in [-0.2, 0) is 0 Å². The summed E-state index contributed by atoms with van der Waals surface area (Å²) in [5, 5.41) is 6.52. The second-order valence-electron chi connectivity index (χ2n) is 8.66. The maximum Gasteiger partial charge on any atom is 0.321 e. The first-order chi connectivity index (χ1) is 16.9. The van der Waals surface area contributed by atoms with Gasteiger partial charge in [-0.25, -0.2) is 14.2 Å². The van der Waals surface area contributed by atoms with Gasteiger partial charge in [0.25, 0.3) is 0 Å². The number of rotatable bonds is 8. The van der Waals surface area contributed by atoms with Crippen LogP contribution < -0.4 is 15.4 Å². The van der Waals surface area contributed by atoms with Gasteiger partial charge in [0.2, 0.25) is 0 Å². The van der Waals surface area contributed by atoms with Crippen LogP contribution in [0.1, 0.15) is 50.7 Å². The van der Waals surface area contributed by atoms with E-state index in [1.807, 2.05) is 12.1 Å². The van der Waals surface area contributed by atoms with Crippen molar-refractivity contribution in [2.24, 2.45) is 0 Å². The van der Waals surface area contributed by atoms with Crippen molar-refractivity contribution < 1.29 is 13.9 Å². The molecule has 0 aliphatic carbocycles. The molecule has 10 heteroatoms. The van der Waals surface area contributed by atoms with E-state index in [-0.39, 0.29) is 11.1 Å². The summed E-state index contributed by atoms with van der Waals surface area (Å²) in [6.07, 6.45) is 5.54. The molecule has 2 heterocycles. The van der Waals surface area contributed by atoms with Crippen molar-refractivity contribution in [3.05, 3.63) is 51.8 Å². The van der Waals surface area contributed by atoms with Gasteiger partial charge < -0.3 is 15.0 Å². The molecule has 0 radical (unpaired) electrons. The van der Waals surface area contributed by atoms with Crippen molar-refractivity contribution in [3.63, 3.8) is 0 Å². The van der Waals surface area contributed by atoms with E-state index in [2.05, 4.69) is 20.5 Å². The second kappa shape index (κ2) is 12.2. The first kappa shape index (κ1) is 25.9. The molecule has 0 saturated carbocycles. The van der Waals surface area contributed by atoms with Gasteiger partial charge in [-0.2, -0.15) is 0 Å². The van der Waals surface area contributed by atoms with Gasteiger partial charge in [-0.1, -0.05) is 47.4 Å². The molecule has 1 aliphatic rings. The third kappa shape index (κ3) is 6.97. The van der Waals surface area contributed by atoms with Gasteiger partial charge in [-0.15, -0.1) is 0 Å². The molecule has 1 aromatic heterocycles. The number of amides is 2. The predicted octanol–water partition coefficient (Wildman–Crippen LogP) is 7.27. The fourth-order valence-electron chi connectivity index (χ4n) is 4.22. The minimum Gasteiger partial charge on any atom is -0.486 e. The number of nitrogens with one attached hydrogen (secondary N) is 2. The summed E-state index contributed by atoms with van der Waals surface area (Å²) < 4.78 is 20.7. The van der Waals surface area contributed by atoms with Gasteiger partial charge in [0.05, 0.1) is 15.2 Å². The average molecular weight is 540 g/mol. The van der Waals surface area contributed by atoms with Crippen LogP contribution in [0.25, 0.3) is 10.2 Å². The summed E-state index contributed by atoms with van der Waals surface area (Å²) in [6, 6.07) is 7.83. The van der Waals surface area contributed by atoms with Crippen LogP contribution in [0.4, 0.5) is 14.3 Å². The number of anilines is 1. The molecule has 1 atom stereocenters.